The summed E-state index contributed by atoms with van der Waals surface area (Å²) in [6.07, 6.45) is 1.33. The first-order valence-corrected chi connectivity index (χ1v) is 7.90. The average Bonchev–Trinajstić information content (AvgIpc) is 2.73. The molecule has 0 aliphatic heterocycles. The molecule has 0 N–H and O–H groups in total. The molecule has 1 heterocycles. The van der Waals surface area contributed by atoms with Gasteiger partial charge >= 0.3 is 5.97 Å². The zero-order chi connectivity index (χ0) is 15.1. The molecular weight excluding hydrogens is 322 g/mol. The van der Waals surface area contributed by atoms with Gasteiger partial charge in [-0.3, -0.25) is 14.4 Å². The van der Waals surface area contributed by atoms with Crippen molar-refractivity contribution in [2.24, 2.45) is 0 Å². The minimum Gasteiger partial charge on any atom is -0.466 e. The summed E-state index contributed by atoms with van der Waals surface area (Å²) in [6, 6.07) is 0. The van der Waals surface area contributed by atoms with Crippen molar-refractivity contribution in [3.05, 3.63) is 15.9 Å². The molecule has 1 aromatic heterocycles. The number of halogens is 1. The van der Waals surface area contributed by atoms with E-state index in [9.17, 15) is 4.79 Å². The van der Waals surface area contributed by atoms with Crippen LogP contribution in [0.2, 0.25) is 0 Å². The molecule has 0 aromatic carbocycles. The van der Waals surface area contributed by atoms with E-state index in [0.717, 1.165) is 35.4 Å². The fourth-order valence-electron chi connectivity index (χ4n) is 2.02. The van der Waals surface area contributed by atoms with Crippen LogP contribution in [-0.2, 0) is 29.0 Å². The molecule has 0 fully saturated rings. The zero-order valence-corrected chi connectivity index (χ0v) is 14.4. The smallest absolute Gasteiger partial charge is 0.307 e. The van der Waals surface area contributed by atoms with Crippen LogP contribution in [0.1, 0.15) is 38.6 Å². The summed E-state index contributed by atoms with van der Waals surface area (Å²) in [4.78, 5) is 13.5. The van der Waals surface area contributed by atoms with Crippen LogP contribution in [0.25, 0.3) is 0 Å². The van der Waals surface area contributed by atoms with Crippen molar-refractivity contribution in [2.45, 2.75) is 46.7 Å². The molecule has 0 atom stereocenters. The lowest BCUT2D eigenvalue weighted by Crippen LogP contribution is -2.24. The first-order valence-electron chi connectivity index (χ1n) is 7.11. The Labute approximate surface area is 129 Å². The number of carbonyl (C=O) groups is 1. The van der Waals surface area contributed by atoms with Gasteiger partial charge in [0.1, 0.15) is 0 Å². The molecule has 0 aliphatic rings. The van der Waals surface area contributed by atoms with Gasteiger partial charge in [0.2, 0.25) is 0 Å². The Hall–Kier alpha value is -0.880. The van der Waals surface area contributed by atoms with Crippen LogP contribution in [0.15, 0.2) is 4.47 Å². The second-order valence-corrected chi connectivity index (χ2v) is 5.46. The highest BCUT2D eigenvalue weighted by atomic mass is 79.9. The Balaban J connectivity index is 2.63. The molecule has 0 saturated heterocycles. The van der Waals surface area contributed by atoms with Crippen molar-refractivity contribution in [2.75, 3.05) is 20.2 Å². The Morgan fingerprint density at radius 1 is 1.40 bits per heavy atom. The summed E-state index contributed by atoms with van der Waals surface area (Å²) in [6.45, 7) is 8.74. The number of aromatic nitrogens is 2. The summed E-state index contributed by atoms with van der Waals surface area (Å²) in [5, 5.41) is 4.58. The maximum Gasteiger partial charge on any atom is 0.307 e. The van der Waals surface area contributed by atoms with Crippen LogP contribution in [0.4, 0.5) is 0 Å². The molecule has 20 heavy (non-hydrogen) atoms. The lowest BCUT2D eigenvalue weighted by molar-refractivity contribution is -0.143. The predicted octanol–water partition coefficient (Wildman–Crippen LogP) is 2.61. The number of rotatable bonds is 8. The summed E-state index contributed by atoms with van der Waals surface area (Å²) < 4.78 is 8.05. The third kappa shape index (κ3) is 4.59. The van der Waals surface area contributed by atoms with Gasteiger partial charge in [0.15, 0.2) is 0 Å². The molecule has 5 nitrogen and oxygen atoms in total. The molecule has 0 spiro atoms. The van der Waals surface area contributed by atoms with Crippen LogP contribution in [0, 0.1) is 0 Å². The Kier molecular flexibility index (Phi) is 7.23. The first-order chi connectivity index (χ1) is 9.53. The van der Waals surface area contributed by atoms with Crippen molar-refractivity contribution in [3.63, 3.8) is 0 Å². The second kappa shape index (κ2) is 8.42. The zero-order valence-electron chi connectivity index (χ0n) is 12.8. The average molecular weight is 346 g/mol. The molecule has 114 valence electrons. The van der Waals surface area contributed by atoms with Gasteiger partial charge in [0, 0.05) is 19.6 Å². The van der Waals surface area contributed by atoms with Crippen LogP contribution < -0.4 is 0 Å². The van der Waals surface area contributed by atoms with Crippen LogP contribution >= 0.6 is 15.9 Å². The molecule has 0 unspecified atom stereocenters. The molecular formula is C14H24BrN3O2. The SMILES string of the molecule is CCOC(=O)CCN(C)Cc1c(Br)c(CC)nn1CC. The van der Waals surface area contributed by atoms with Gasteiger partial charge in [-0.05, 0) is 43.2 Å². The number of esters is 1. The number of hydrogen-bond acceptors (Lipinski definition) is 4. The van der Waals surface area contributed by atoms with E-state index in [0.29, 0.717) is 19.6 Å². The Bertz CT molecular complexity index is 446. The highest BCUT2D eigenvalue weighted by molar-refractivity contribution is 9.10. The van der Waals surface area contributed by atoms with Gasteiger partial charge < -0.3 is 4.74 Å². The van der Waals surface area contributed by atoms with E-state index < -0.39 is 0 Å². The molecule has 0 bridgehead atoms. The van der Waals surface area contributed by atoms with E-state index in [1.165, 1.54) is 0 Å². The lowest BCUT2D eigenvalue weighted by atomic mass is 10.3. The largest absolute Gasteiger partial charge is 0.466 e. The number of nitrogens with zero attached hydrogens (tertiary/aromatic N) is 3. The van der Waals surface area contributed by atoms with Gasteiger partial charge in [-0.25, -0.2) is 0 Å². The highest BCUT2D eigenvalue weighted by Gasteiger charge is 2.15. The number of aryl methyl sites for hydroxylation is 2. The second-order valence-electron chi connectivity index (χ2n) is 4.67. The molecule has 0 saturated carbocycles. The van der Waals surface area contributed by atoms with Crippen LogP contribution in [0.5, 0.6) is 0 Å². The van der Waals surface area contributed by atoms with Crippen molar-refractivity contribution < 1.29 is 9.53 Å². The fraction of sp³-hybridized carbons (Fsp3) is 0.714. The molecule has 6 heteroatoms. The number of carbonyl (C=O) groups excluding carboxylic acids is 1. The van der Waals surface area contributed by atoms with Crippen LogP contribution in [-0.4, -0.2) is 40.8 Å². The highest BCUT2D eigenvalue weighted by Crippen LogP contribution is 2.23. The minimum absolute atomic E-state index is 0.142. The van der Waals surface area contributed by atoms with Crippen molar-refractivity contribution >= 4 is 21.9 Å². The predicted molar refractivity (Wildman–Crippen MR) is 82.6 cm³/mol. The van der Waals surface area contributed by atoms with Crippen LogP contribution in [0.3, 0.4) is 0 Å². The number of ether oxygens (including phenoxy) is 1. The summed E-state index contributed by atoms with van der Waals surface area (Å²) in [5.74, 6) is -0.142. The third-order valence-electron chi connectivity index (χ3n) is 3.12. The summed E-state index contributed by atoms with van der Waals surface area (Å²) in [7, 11) is 2.00. The van der Waals surface area contributed by atoms with Crippen molar-refractivity contribution in [1.82, 2.24) is 14.7 Å². The summed E-state index contributed by atoms with van der Waals surface area (Å²) >= 11 is 3.63. The lowest BCUT2D eigenvalue weighted by Gasteiger charge is -2.17. The molecule has 1 aromatic rings. The molecule has 1 rings (SSSR count). The normalized spacial score (nSPS) is 11.1. The van der Waals surface area contributed by atoms with Gasteiger partial charge in [0.05, 0.1) is 28.9 Å². The minimum atomic E-state index is -0.142. The van der Waals surface area contributed by atoms with Gasteiger partial charge in [0.25, 0.3) is 0 Å². The van der Waals surface area contributed by atoms with Gasteiger partial charge in [-0.1, -0.05) is 6.92 Å². The van der Waals surface area contributed by atoms with Gasteiger partial charge in [-0.15, -0.1) is 0 Å². The Morgan fingerprint density at radius 3 is 2.65 bits per heavy atom. The van der Waals surface area contributed by atoms with E-state index in [4.69, 9.17) is 4.74 Å². The maximum atomic E-state index is 11.4. The topological polar surface area (TPSA) is 47.4 Å². The first kappa shape index (κ1) is 17.2. The standard InChI is InChI=1S/C14H24BrN3O2/c1-5-11-14(15)12(18(6-2)16-11)10-17(4)9-8-13(19)20-7-3/h5-10H2,1-4H3. The molecule has 0 radical (unpaired) electrons. The number of hydrogen-bond donors (Lipinski definition) is 0. The summed E-state index contributed by atoms with van der Waals surface area (Å²) in [5.41, 5.74) is 2.25. The van der Waals surface area contributed by atoms with Gasteiger partial charge in [-0.2, -0.15) is 5.10 Å². The Morgan fingerprint density at radius 2 is 2.10 bits per heavy atom. The van der Waals surface area contributed by atoms with E-state index in [-0.39, 0.29) is 5.97 Å². The van der Waals surface area contributed by atoms with E-state index in [1.807, 2.05) is 18.7 Å². The quantitative estimate of drug-likeness (QED) is 0.679. The van der Waals surface area contributed by atoms with E-state index >= 15 is 0 Å². The van der Waals surface area contributed by atoms with Crippen molar-refractivity contribution in [1.29, 1.82) is 0 Å². The molecule has 0 aliphatic carbocycles. The maximum absolute atomic E-state index is 11.4. The monoisotopic (exact) mass is 345 g/mol. The van der Waals surface area contributed by atoms with Crippen molar-refractivity contribution in [3.8, 4) is 0 Å². The van der Waals surface area contributed by atoms with E-state index in [2.05, 4.69) is 39.8 Å². The van der Waals surface area contributed by atoms with E-state index in [1.54, 1.807) is 0 Å². The fourth-order valence-corrected chi connectivity index (χ4v) is 2.71. The molecule has 0 amide bonds. The third-order valence-corrected chi connectivity index (χ3v) is 4.03.